The zero-order valence-electron chi connectivity index (χ0n) is 11.4. The van der Waals surface area contributed by atoms with E-state index in [0.717, 1.165) is 32.5 Å². The summed E-state index contributed by atoms with van der Waals surface area (Å²) < 4.78 is 0. The fourth-order valence-electron chi connectivity index (χ4n) is 3.05. The maximum absolute atomic E-state index is 12.5. The van der Waals surface area contributed by atoms with Crippen molar-refractivity contribution < 1.29 is 9.90 Å². The Morgan fingerprint density at radius 1 is 1.50 bits per heavy atom. The topological polar surface area (TPSA) is 55.8 Å². The number of hydrogen-bond acceptors (Lipinski definition) is 4. The van der Waals surface area contributed by atoms with Crippen LogP contribution in [-0.2, 0) is 4.79 Å². The molecule has 2 fully saturated rings. The van der Waals surface area contributed by atoms with Gasteiger partial charge >= 0.3 is 0 Å². The first-order chi connectivity index (χ1) is 8.58. The van der Waals surface area contributed by atoms with Crippen LogP contribution >= 0.6 is 0 Å². The quantitative estimate of drug-likeness (QED) is 0.714. The molecule has 2 saturated heterocycles. The highest BCUT2D eigenvalue weighted by Gasteiger charge is 2.37. The van der Waals surface area contributed by atoms with Gasteiger partial charge in [0, 0.05) is 25.7 Å². The summed E-state index contributed by atoms with van der Waals surface area (Å²) in [6.45, 7) is 3.16. The van der Waals surface area contributed by atoms with Gasteiger partial charge in [0.2, 0.25) is 5.91 Å². The SMILES string of the molecule is CN(C)CC1CC(O)CN1C(=O)[C@H]1CCCNC1. The van der Waals surface area contributed by atoms with Crippen molar-refractivity contribution >= 4 is 5.91 Å². The summed E-state index contributed by atoms with van der Waals surface area (Å²) >= 11 is 0. The summed E-state index contributed by atoms with van der Waals surface area (Å²) in [6, 6.07) is 0.171. The first-order valence-corrected chi connectivity index (χ1v) is 6.92. The van der Waals surface area contributed by atoms with Gasteiger partial charge in [0.15, 0.2) is 0 Å². The third kappa shape index (κ3) is 3.22. The molecular weight excluding hydrogens is 230 g/mol. The Bertz CT molecular complexity index is 290. The third-order valence-corrected chi connectivity index (χ3v) is 3.90. The number of rotatable bonds is 3. The summed E-state index contributed by atoms with van der Waals surface area (Å²) in [6.07, 6.45) is 2.41. The lowest BCUT2D eigenvalue weighted by Crippen LogP contribution is -2.47. The van der Waals surface area contributed by atoms with Crippen LogP contribution < -0.4 is 5.32 Å². The zero-order valence-corrected chi connectivity index (χ0v) is 11.4. The van der Waals surface area contributed by atoms with Crippen LogP contribution in [-0.4, -0.2) is 73.2 Å². The molecule has 0 aromatic heterocycles. The standard InChI is InChI=1S/C13H25N3O2/c1-15(2)8-11-6-12(17)9-16(11)13(18)10-4-3-5-14-7-10/h10-12,14,17H,3-9H2,1-2H3/t10-,11?,12?/m0/s1. The van der Waals surface area contributed by atoms with Crippen molar-refractivity contribution in [3.05, 3.63) is 0 Å². The minimum Gasteiger partial charge on any atom is -0.391 e. The second-order valence-electron chi connectivity index (χ2n) is 5.84. The maximum atomic E-state index is 12.5. The molecule has 2 rings (SSSR count). The number of aliphatic hydroxyl groups excluding tert-OH is 1. The summed E-state index contributed by atoms with van der Waals surface area (Å²) in [5.74, 6) is 0.333. The molecule has 18 heavy (non-hydrogen) atoms. The van der Waals surface area contributed by atoms with E-state index in [1.165, 1.54) is 0 Å². The van der Waals surface area contributed by atoms with E-state index in [0.29, 0.717) is 13.0 Å². The Morgan fingerprint density at radius 3 is 2.89 bits per heavy atom. The molecule has 0 bridgehead atoms. The van der Waals surface area contributed by atoms with Crippen molar-refractivity contribution in [1.29, 1.82) is 0 Å². The molecule has 5 nitrogen and oxygen atoms in total. The average molecular weight is 255 g/mol. The fraction of sp³-hybridized carbons (Fsp3) is 0.923. The van der Waals surface area contributed by atoms with Crippen molar-refractivity contribution in [1.82, 2.24) is 15.1 Å². The summed E-state index contributed by atoms with van der Waals surface area (Å²) in [7, 11) is 4.02. The minimum atomic E-state index is -0.351. The van der Waals surface area contributed by atoms with E-state index in [1.54, 1.807) is 0 Å². The van der Waals surface area contributed by atoms with E-state index in [2.05, 4.69) is 10.2 Å². The Morgan fingerprint density at radius 2 is 2.28 bits per heavy atom. The third-order valence-electron chi connectivity index (χ3n) is 3.90. The van der Waals surface area contributed by atoms with Gasteiger partial charge in [-0.1, -0.05) is 0 Å². The number of likely N-dealkylation sites (tertiary alicyclic amines) is 1. The molecule has 104 valence electrons. The molecule has 3 atom stereocenters. The second-order valence-corrected chi connectivity index (χ2v) is 5.84. The van der Waals surface area contributed by atoms with E-state index in [-0.39, 0.29) is 24.0 Å². The van der Waals surface area contributed by atoms with E-state index >= 15 is 0 Å². The van der Waals surface area contributed by atoms with Crippen LogP contribution in [0.5, 0.6) is 0 Å². The molecule has 0 saturated carbocycles. The van der Waals surface area contributed by atoms with Crippen molar-refractivity contribution in [2.75, 3.05) is 40.3 Å². The van der Waals surface area contributed by atoms with Crippen LogP contribution in [0.25, 0.3) is 0 Å². The molecule has 0 spiro atoms. The number of nitrogens with one attached hydrogen (secondary N) is 1. The van der Waals surface area contributed by atoms with Crippen LogP contribution in [0.15, 0.2) is 0 Å². The molecule has 2 aliphatic rings. The molecule has 5 heteroatoms. The number of hydrogen-bond donors (Lipinski definition) is 2. The summed E-state index contributed by atoms with van der Waals surface area (Å²) in [4.78, 5) is 16.5. The van der Waals surface area contributed by atoms with Gasteiger partial charge in [0.25, 0.3) is 0 Å². The van der Waals surface area contributed by atoms with E-state index < -0.39 is 0 Å². The number of carbonyl (C=O) groups is 1. The number of carbonyl (C=O) groups excluding carboxylic acids is 1. The fourth-order valence-corrected chi connectivity index (χ4v) is 3.05. The summed E-state index contributed by atoms with van der Waals surface area (Å²) in [5.41, 5.74) is 0. The largest absolute Gasteiger partial charge is 0.391 e. The lowest BCUT2D eigenvalue weighted by Gasteiger charge is -2.31. The number of β-amino-alcohol motifs (C(OH)–C–C–N with tert-alkyl or cyclic N) is 1. The number of aliphatic hydroxyl groups is 1. The van der Waals surface area contributed by atoms with E-state index in [4.69, 9.17) is 0 Å². The van der Waals surface area contributed by atoms with Crippen LogP contribution in [0, 0.1) is 5.92 Å². The molecular formula is C13H25N3O2. The highest BCUT2D eigenvalue weighted by Crippen LogP contribution is 2.23. The zero-order chi connectivity index (χ0) is 13.1. The molecule has 0 aromatic carbocycles. The van der Waals surface area contributed by atoms with Crippen LogP contribution in [0.4, 0.5) is 0 Å². The van der Waals surface area contributed by atoms with Crippen molar-refractivity contribution in [2.24, 2.45) is 5.92 Å². The lowest BCUT2D eigenvalue weighted by molar-refractivity contribution is -0.137. The minimum absolute atomic E-state index is 0.105. The van der Waals surface area contributed by atoms with Gasteiger partial charge in [-0.15, -0.1) is 0 Å². The number of amides is 1. The Hall–Kier alpha value is -0.650. The van der Waals surface area contributed by atoms with E-state index in [9.17, 15) is 9.90 Å². The van der Waals surface area contributed by atoms with E-state index in [1.807, 2.05) is 19.0 Å². The highest BCUT2D eigenvalue weighted by molar-refractivity contribution is 5.80. The number of piperidine rings is 1. The highest BCUT2D eigenvalue weighted by atomic mass is 16.3. The lowest BCUT2D eigenvalue weighted by atomic mass is 9.98. The molecule has 2 heterocycles. The maximum Gasteiger partial charge on any atom is 0.227 e. The van der Waals surface area contributed by atoms with Crippen molar-refractivity contribution in [3.8, 4) is 0 Å². The molecule has 0 radical (unpaired) electrons. The molecule has 0 aliphatic carbocycles. The Kier molecular flexibility index (Phi) is 4.59. The van der Waals surface area contributed by atoms with Crippen molar-refractivity contribution in [3.63, 3.8) is 0 Å². The summed E-state index contributed by atoms with van der Waals surface area (Å²) in [5, 5.41) is 13.1. The predicted molar refractivity (Wildman–Crippen MR) is 70.3 cm³/mol. The first-order valence-electron chi connectivity index (χ1n) is 6.92. The Labute approximate surface area is 109 Å². The molecule has 2 aliphatic heterocycles. The first kappa shape index (κ1) is 13.8. The van der Waals surface area contributed by atoms with Crippen LogP contribution in [0.3, 0.4) is 0 Å². The smallest absolute Gasteiger partial charge is 0.227 e. The van der Waals surface area contributed by atoms with Gasteiger partial charge in [-0.25, -0.2) is 0 Å². The average Bonchev–Trinajstić information content (AvgIpc) is 2.69. The second kappa shape index (κ2) is 5.99. The number of nitrogens with zero attached hydrogens (tertiary/aromatic N) is 2. The predicted octanol–water partition coefficient (Wildman–Crippen LogP) is -0.491. The van der Waals surface area contributed by atoms with Crippen LogP contribution in [0.2, 0.25) is 0 Å². The van der Waals surface area contributed by atoms with Gasteiger partial charge in [0.1, 0.15) is 0 Å². The molecule has 2 unspecified atom stereocenters. The van der Waals surface area contributed by atoms with Gasteiger partial charge < -0.3 is 20.2 Å². The van der Waals surface area contributed by atoms with Gasteiger partial charge in [-0.3, -0.25) is 4.79 Å². The number of likely N-dealkylation sites (N-methyl/N-ethyl adjacent to an activating group) is 1. The normalized spacial score (nSPS) is 33.1. The van der Waals surface area contributed by atoms with Crippen LogP contribution in [0.1, 0.15) is 19.3 Å². The molecule has 2 N–H and O–H groups in total. The Balaban J connectivity index is 1.97. The van der Waals surface area contributed by atoms with Gasteiger partial charge in [-0.05, 0) is 39.9 Å². The molecule has 0 aromatic rings. The van der Waals surface area contributed by atoms with Crippen molar-refractivity contribution in [2.45, 2.75) is 31.4 Å². The molecule has 1 amide bonds. The van der Waals surface area contributed by atoms with Gasteiger partial charge in [0.05, 0.1) is 12.0 Å². The van der Waals surface area contributed by atoms with Gasteiger partial charge in [-0.2, -0.15) is 0 Å². The monoisotopic (exact) mass is 255 g/mol.